The van der Waals surface area contributed by atoms with Crippen LogP contribution in [0, 0.1) is 12.7 Å². The van der Waals surface area contributed by atoms with Gasteiger partial charge in [-0.3, -0.25) is 9.69 Å². The molecule has 3 aromatic rings. The van der Waals surface area contributed by atoms with E-state index in [0.717, 1.165) is 10.6 Å². The first kappa shape index (κ1) is 14.8. The molecule has 1 aromatic carbocycles. The molecule has 0 spiro atoms. The summed E-state index contributed by atoms with van der Waals surface area (Å²) in [6.07, 6.45) is 0. The number of aromatic nitrogens is 3. The molecule has 0 radical (unpaired) electrons. The highest BCUT2D eigenvalue weighted by atomic mass is 32.1. The maximum atomic E-state index is 12.9. The van der Waals surface area contributed by atoms with E-state index >= 15 is 0 Å². The monoisotopic (exact) mass is 318 g/mol. The maximum Gasteiger partial charge on any atom is 0.275 e. The number of hydrogen-bond donors (Lipinski definition) is 0. The van der Waals surface area contributed by atoms with Crippen LogP contribution in [0.25, 0.3) is 4.96 Å². The van der Waals surface area contributed by atoms with Gasteiger partial charge in [0.15, 0.2) is 0 Å². The number of hydrogen-bond acceptors (Lipinski definition) is 5. The molecule has 0 saturated heterocycles. The van der Waals surface area contributed by atoms with Gasteiger partial charge >= 0.3 is 0 Å². The highest BCUT2D eigenvalue weighted by Gasteiger charge is 2.09. The van der Waals surface area contributed by atoms with Gasteiger partial charge in [-0.25, -0.2) is 9.37 Å². The Kier molecular flexibility index (Phi) is 4.00. The fourth-order valence-corrected chi connectivity index (χ4v) is 3.03. The largest absolute Gasteiger partial charge is 0.296 e. The highest BCUT2D eigenvalue weighted by Crippen LogP contribution is 2.11. The molecule has 0 aliphatic carbocycles. The molecule has 0 amide bonds. The van der Waals surface area contributed by atoms with Gasteiger partial charge in [-0.2, -0.15) is 9.61 Å². The zero-order valence-corrected chi connectivity index (χ0v) is 13.1. The number of fused-ring (bicyclic) bond motifs is 1. The van der Waals surface area contributed by atoms with Crippen LogP contribution in [0.15, 0.2) is 35.1 Å². The van der Waals surface area contributed by atoms with Crippen LogP contribution in [-0.2, 0) is 13.1 Å². The van der Waals surface area contributed by atoms with Gasteiger partial charge in [-0.15, -0.1) is 0 Å². The van der Waals surface area contributed by atoms with Gasteiger partial charge in [0.05, 0.1) is 5.69 Å². The van der Waals surface area contributed by atoms with E-state index in [9.17, 15) is 9.18 Å². The third-order valence-electron chi connectivity index (χ3n) is 3.20. The number of halogens is 1. The molecule has 0 aliphatic heterocycles. The van der Waals surface area contributed by atoms with Crippen molar-refractivity contribution in [1.29, 1.82) is 0 Å². The van der Waals surface area contributed by atoms with Crippen molar-refractivity contribution >= 4 is 16.3 Å². The third kappa shape index (κ3) is 3.20. The van der Waals surface area contributed by atoms with Crippen molar-refractivity contribution in [3.63, 3.8) is 0 Å². The number of benzene rings is 1. The molecule has 5 nitrogen and oxygen atoms in total. The maximum absolute atomic E-state index is 12.9. The molecular formula is C15H15FN4OS. The minimum atomic E-state index is -0.243. The predicted octanol–water partition coefficient (Wildman–Crippen LogP) is 2.23. The minimum Gasteiger partial charge on any atom is -0.296 e. The van der Waals surface area contributed by atoms with E-state index in [4.69, 9.17) is 0 Å². The molecule has 0 saturated carbocycles. The SMILES string of the molecule is Cc1nn2c(=O)cc(CN(C)Cc3ccc(F)cc3)nc2s1. The Hall–Kier alpha value is -2.12. The lowest BCUT2D eigenvalue weighted by molar-refractivity contribution is 0.315. The second kappa shape index (κ2) is 5.94. The molecule has 0 aliphatic rings. The van der Waals surface area contributed by atoms with Crippen molar-refractivity contribution in [3.8, 4) is 0 Å². The van der Waals surface area contributed by atoms with Crippen molar-refractivity contribution in [3.05, 3.63) is 62.8 Å². The quantitative estimate of drug-likeness (QED) is 0.740. The molecule has 22 heavy (non-hydrogen) atoms. The lowest BCUT2D eigenvalue weighted by Gasteiger charge is -2.16. The molecular weight excluding hydrogens is 303 g/mol. The van der Waals surface area contributed by atoms with Crippen LogP contribution in [0.5, 0.6) is 0 Å². The van der Waals surface area contributed by atoms with E-state index in [1.54, 1.807) is 12.1 Å². The van der Waals surface area contributed by atoms with E-state index in [1.807, 2.05) is 18.9 Å². The molecule has 2 heterocycles. The summed E-state index contributed by atoms with van der Waals surface area (Å²) in [5.74, 6) is -0.243. The van der Waals surface area contributed by atoms with Gasteiger partial charge < -0.3 is 0 Å². The summed E-state index contributed by atoms with van der Waals surface area (Å²) in [7, 11) is 1.94. The van der Waals surface area contributed by atoms with E-state index in [-0.39, 0.29) is 11.4 Å². The van der Waals surface area contributed by atoms with Crippen molar-refractivity contribution in [2.45, 2.75) is 20.0 Å². The van der Waals surface area contributed by atoms with Crippen molar-refractivity contribution < 1.29 is 4.39 Å². The van der Waals surface area contributed by atoms with E-state index in [1.165, 1.54) is 34.1 Å². The van der Waals surface area contributed by atoms with Crippen LogP contribution in [0.1, 0.15) is 16.3 Å². The van der Waals surface area contributed by atoms with Crippen LogP contribution in [-0.4, -0.2) is 26.5 Å². The van der Waals surface area contributed by atoms with Crippen LogP contribution < -0.4 is 5.56 Å². The average molecular weight is 318 g/mol. The predicted molar refractivity (Wildman–Crippen MR) is 83.4 cm³/mol. The zero-order valence-electron chi connectivity index (χ0n) is 12.3. The lowest BCUT2D eigenvalue weighted by Crippen LogP contribution is -2.21. The molecule has 0 atom stereocenters. The number of aryl methyl sites for hydroxylation is 1. The lowest BCUT2D eigenvalue weighted by atomic mass is 10.2. The number of nitrogens with zero attached hydrogens (tertiary/aromatic N) is 4. The second-order valence-corrected chi connectivity index (χ2v) is 6.36. The molecule has 0 N–H and O–H groups in total. The Morgan fingerprint density at radius 3 is 2.73 bits per heavy atom. The van der Waals surface area contributed by atoms with Gasteiger partial charge in [-0.1, -0.05) is 23.5 Å². The highest BCUT2D eigenvalue weighted by molar-refractivity contribution is 7.16. The van der Waals surface area contributed by atoms with Crippen molar-refractivity contribution in [1.82, 2.24) is 19.5 Å². The van der Waals surface area contributed by atoms with Crippen molar-refractivity contribution in [2.75, 3.05) is 7.05 Å². The van der Waals surface area contributed by atoms with E-state index in [2.05, 4.69) is 10.1 Å². The van der Waals surface area contributed by atoms with Crippen LogP contribution in [0.3, 0.4) is 0 Å². The normalized spacial score (nSPS) is 11.5. The summed E-state index contributed by atoms with van der Waals surface area (Å²) in [6.45, 7) is 3.04. The van der Waals surface area contributed by atoms with E-state index < -0.39 is 0 Å². The molecule has 0 unspecified atom stereocenters. The first-order valence-corrected chi connectivity index (χ1v) is 7.62. The summed E-state index contributed by atoms with van der Waals surface area (Å²) in [5, 5.41) is 4.93. The Morgan fingerprint density at radius 1 is 1.27 bits per heavy atom. The van der Waals surface area contributed by atoms with Gasteiger partial charge in [0.1, 0.15) is 10.8 Å². The summed E-state index contributed by atoms with van der Waals surface area (Å²) in [5.41, 5.74) is 1.55. The molecule has 0 bridgehead atoms. The average Bonchev–Trinajstić information content (AvgIpc) is 2.82. The molecule has 0 fully saturated rings. The Labute approximate surface area is 130 Å². The third-order valence-corrected chi connectivity index (χ3v) is 4.02. The second-order valence-electron chi connectivity index (χ2n) is 5.20. The topological polar surface area (TPSA) is 50.5 Å². The molecule has 7 heteroatoms. The first-order valence-electron chi connectivity index (χ1n) is 6.80. The molecule has 2 aromatic heterocycles. The van der Waals surface area contributed by atoms with Crippen LogP contribution in [0.2, 0.25) is 0 Å². The molecule has 114 valence electrons. The zero-order chi connectivity index (χ0) is 15.7. The Bertz CT molecular complexity index is 856. The summed E-state index contributed by atoms with van der Waals surface area (Å²) in [6, 6.07) is 7.90. The fourth-order valence-electron chi connectivity index (χ4n) is 2.27. The standard InChI is InChI=1S/C15H15FN4OS/c1-10-18-20-14(21)7-13(17-15(20)22-10)9-19(2)8-11-3-5-12(16)6-4-11/h3-7H,8-9H2,1-2H3. The summed E-state index contributed by atoms with van der Waals surface area (Å²) in [4.78, 5) is 19.1. The Morgan fingerprint density at radius 2 is 2.00 bits per heavy atom. The van der Waals surface area contributed by atoms with Gasteiger partial charge in [0, 0.05) is 19.2 Å². The minimum absolute atomic E-state index is 0.167. The smallest absolute Gasteiger partial charge is 0.275 e. The fraction of sp³-hybridized carbons (Fsp3) is 0.267. The van der Waals surface area contributed by atoms with Crippen LogP contribution >= 0.6 is 11.3 Å². The summed E-state index contributed by atoms with van der Waals surface area (Å²) < 4.78 is 14.2. The van der Waals surface area contributed by atoms with E-state index in [0.29, 0.717) is 23.7 Å². The van der Waals surface area contributed by atoms with Gasteiger partial charge in [0.25, 0.3) is 5.56 Å². The van der Waals surface area contributed by atoms with Gasteiger partial charge in [0.2, 0.25) is 4.96 Å². The summed E-state index contributed by atoms with van der Waals surface area (Å²) >= 11 is 1.39. The number of rotatable bonds is 4. The van der Waals surface area contributed by atoms with Gasteiger partial charge in [-0.05, 0) is 31.7 Å². The van der Waals surface area contributed by atoms with Crippen molar-refractivity contribution in [2.24, 2.45) is 0 Å². The van der Waals surface area contributed by atoms with Crippen LogP contribution in [0.4, 0.5) is 4.39 Å². The first-order chi connectivity index (χ1) is 10.5. The molecule has 3 rings (SSSR count). The Balaban J connectivity index is 1.77.